The minimum atomic E-state index is -0.442. The van der Waals surface area contributed by atoms with Gasteiger partial charge in [0, 0.05) is 12.1 Å². The van der Waals surface area contributed by atoms with E-state index in [1.807, 2.05) is 6.92 Å². The molecule has 0 saturated carbocycles. The van der Waals surface area contributed by atoms with E-state index in [0.717, 1.165) is 5.56 Å². The van der Waals surface area contributed by atoms with Crippen molar-refractivity contribution < 1.29 is 13.5 Å². The summed E-state index contributed by atoms with van der Waals surface area (Å²) in [6.07, 6.45) is 1.54. The van der Waals surface area contributed by atoms with E-state index in [1.54, 1.807) is 12.1 Å². The number of nitrogens with zero attached hydrogens (tertiary/aromatic N) is 1. The summed E-state index contributed by atoms with van der Waals surface area (Å²) in [6, 6.07) is 4.64. The van der Waals surface area contributed by atoms with E-state index in [1.165, 1.54) is 12.3 Å². The minimum Gasteiger partial charge on any atom is -0.417 e. The van der Waals surface area contributed by atoms with Gasteiger partial charge in [0.25, 0.3) is 0 Å². The topological polar surface area (TPSA) is 47.3 Å². The summed E-state index contributed by atoms with van der Waals surface area (Å²) in [5.74, 6) is -0.328. The molecule has 0 bridgehead atoms. The minimum absolute atomic E-state index is 0.0113. The second-order valence-electron chi connectivity index (χ2n) is 5.74. The molecule has 0 spiro atoms. The van der Waals surface area contributed by atoms with Gasteiger partial charge in [-0.15, -0.1) is 0 Å². The summed E-state index contributed by atoms with van der Waals surface area (Å²) >= 11 is 0. The number of hydrogen-bond donors (Lipinski definition) is 1. The zero-order chi connectivity index (χ0) is 14.8. The standard InChI is InChI=1S/C15H19FN2O2/c1-10-5-6-12(16)13(7-10)20-14-18-11(9-19-14)8-17-15(2,3)4/h5-7,9,17H,8H2,1-4H3. The fourth-order valence-corrected chi connectivity index (χ4v) is 1.56. The highest BCUT2D eigenvalue weighted by molar-refractivity contribution is 5.31. The summed E-state index contributed by atoms with van der Waals surface area (Å²) in [7, 11) is 0. The molecule has 0 aliphatic heterocycles. The SMILES string of the molecule is Cc1ccc(F)c(Oc2nc(CNC(C)(C)C)co2)c1. The number of nitrogens with one attached hydrogen (secondary N) is 1. The monoisotopic (exact) mass is 278 g/mol. The van der Waals surface area contributed by atoms with Gasteiger partial charge in [0.2, 0.25) is 0 Å². The largest absolute Gasteiger partial charge is 0.417 e. The molecule has 0 aliphatic rings. The Bertz CT molecular complexity index is 588. The molecule has 108 valence electrons. The van der Waals surface area contributed by atoms with Crippen LogP contribution in [0.2, 0.25) is 0 Å². The lowest BCUT2D eigenvalue weighted by Gasteiger charge is -2.19. The normalized spacial score (nSPS) is 11.7. The van der Waals surface area contributed by atoms with Crippen molar-refractivity contribution in [3.8, 4) is 11.8 Å². The van der Waals surface area contributed by atoms with Gasteiger partial charge in [-0.05, 0) is 45.4 Å². The number of hydrogen-bond acceptors (Lipinski definition) is 4. The summed E-state index contributed by atoms with van der Waals surface area (Å²) in [5, 5.41) is 3.28. The average Bonchev–Trinajstić information content (AvgIpc) is 2.78. The first-order valence-corrected chi connectivity index (χ1v) is 6.47. The van der Waals surface area contributed by atoms with Crippen molar-refractivity contribution in [2.24, 2.45) is 0 Å². The third-order valence-electron chi connectivity index (χ3n) is 2.61. The lowest BCUT2D eigenvalue weighted by molar-refractivity contribution is 0.318. The molecule has 5 heteroatoms. The Kier molecular flexibility index (Phi) is 4.09. The van der Waals surface area contributed by atoms with E-state index in [4.69, 9.17) is 9.15 Å². The van der Waals surface area contributed by atoms with Gasteiger partial charge >= 0.3 is 6.08 Å². The lowest BCUT2D eigenvalue weighted by atomic mass is 10.1. The molecule has 1 N–H and O–H groups in total. The zero-order valence-corrected chi connectivity index (χ0v) is 12.2. The van der Waals surface area contributed by atoms with E-state index in [0.29, 0.717) is 12.2 Å². The number of oxazole rings is 1. The highest BCUT2D eigenvalue weighted by Gasteiger charge is 2.13. The molecule has 1 aromatic heterocycles. The molecular weight excluding hydrogens is 259 g/mol. The molecule has 0 unspecified atom stereocenters. The van der Waals surface area contributed by atoms with E-state index in [9.17, 15) is 4.39 Å². The van der Waals surface area contributed by atoms with Gasteiger partial charge in [-0.1, -0.05) is 6.07 Å². The molecule has 0 saturated heterocycles. The Morgan fingerprint density at radius 3 is 2.80 bits per heavy atom. The van der Waals surface area contributed by atoms with Crippen LogP contribution < -0.4 is 10.1 Å². The van der Waals surface area contributed by atoms with Gasteiger partial charge in [0.15, 0.2) is 11.6 Å². The van der Waals surface area contributed by atoms with Crippen LogP contribution in [0.15, 0.2) is 28.9 Å². The Morgan fingerprint density at radius 1 is 1.35 bits per heavy atom. The maximum atomic E-state index is 13.6. The fraction of sp³-hybridized carbons (Fsp3) is 0.400. The summed E-state index contributed by atoms with van der Waals surface area (Å²) in [5.41, 5.74) is 1.60. The van der Waals surface area contributed by atoms with Crippen LogP contribution >= 0.6 is 0 Å². The molecular formula is C15H19FN2O2. The van der Waals surface area contributed by atoms with Crippen molar-refractivity contribution in [3.05, 3.63) is 41.5 Å². The smallest absolute Gasteiger partial charge is 0.399 e. The van der Waals surface area contributed by atoms with Crippen molar-refractivity contribution in [3.63, 3.8) is 0 Å². The van der Waals surface area contributed by atoms with Gasteiger partial charge in [0.05, 0.1) is 5.69 Å². The van der Waals surface area contributed by atoms with E-state index in [2.05, 4.69) is 31.1 Å². The molecule has 0 atom stereocenters. The molecule has 1 aromatic carbocycles. The molecule has 0 radical (unpaired) electrons. The van der Waals surface area contributed by atoms with Crippen LogP contribution in [0.3, 0.4) is 0 Å². The number of rotatable bonds is 4. The van der Waals surface area contributed by atoms with E-state index < -0.39 is 5.82 Å². The third-order valence-corrected chi connectivity index (χ3v) is 2.61. The highest BCUT2D eigenvalue weighted by Crippen LogP contribution is 2.24. The van der Waals surface area contributed by atoms with Gasteiger partial charge in [-0.3, -0.25) is 0 Å². The van der Waals surface area contributed by atoms with Crippen LogP contribution in [0.25, 0.3) is 0 Å². The van der Waals surface area contributed by atoms with Gasteiger partial charge < -0.3 is 14.5 Å². The van der Waals surface area contributed by atoms with Gasteiger partial charge in [-0.2, -0.15) is 4.98 Å². The third kappa shape index (κ3) is 4.06. The van der Waals surface area contributed by atoms with Gasteiger partial charge in [-0.25, -0.2) is 4.39 Å². The number of benzene rings is 1. The van der Waals surface area contributed by atoms with Crippen LogP contribution in [0.5, 0.6) is 11.8 Å². The van der Waals surface area contributed by atoms with Crippen molar-refractivity contribution in [1.82, 2.24) is 10.3 Å². The van der Waals surface area contributed by atoms with Crippen LogP contribution in [0.1, 0.15) is 32.0 Å². The number of halogens is 1. The second kappa shape index (κ2) is 5.63. The molecule has 4 nitrogen and oxygen atoms in total. The Balaban J connectivity index is 2.04. The van der Waals surface area contributed by atoms with E-state index in [-0.39, 0.29) is 17.4 Å². The number of ether oxygens (including phenoxy) is 1. The molecule has 1 heterocycles. The van der Waals surface area contributed by atoms with Crippen molar-refractivity contribution in [2.75, 3.05) is 0 Å². The molecule has 2 aromatic rings. The first-order valence-electron chi connectivity index (χ1n) is 6.47. The predicted molar refractivity (Wildman–Crippen MR) is 74.3 cm³/mol. The zero-order valence-electron chi connectivity index (χ0n) is 12.2. The first kappa shape index (κ1) is 14.5. The fourth-order valence-electron chi connectivity index (χ4n) is 1.56. The van der Waals surface area contributed by atoms with Crippen molar-refractivity contribution >= 4 is 0 Å². The first-order chi connectivity index (χ1) is 9.33. The average molecular weight is 278 g/mol. The van der Waals surface area contributed by atoms with Crippen LogP contribution in [-0.2, 0) is 6.54 Å². The molecule has 2 rings (SSSR count). The van der Waals surface area contributed by atoms with Crippen LogP contribution in [-0.4, -0.2) is 10.5 Å². The maximum absolute atomic E-state index is 13.6. The number of aromatic nitrogens is 1. The Labute approximate surface area is 118 Å². The van der Waals surface area contributed by atoms with Crippen molar-refractivity contribution in [2.45, 2.75) is 39.8 Å². The summed E-state index contributed by atoms with van der Waals surface area (Å²) in [4.78, 5) is 4.16. The second-order valence-corrected chi connectivity index (χ2v) is 5.74. The maximum Gasteiger partial charge on any atom is 0.399 e. The summed E-state index contributed by atoms with van der Waals surface area (Å²) < 4.78 is 24.1. The predicted octanol–water partition coefficient (Wildman–Crippen LogP) is 3.80. The molecule has 20 heavy (non-hydrogen) atoms. The quantitative estimate of drug-likeness (QED) is 0.924. The molecule has 0 fully saturated rings. The van der Waals surface area contributed by atoms with Gasteiger partial charge in [0.1, 0.15) is 6.26 Å². The summed E-state index contributed by atoms with van der Waals surface area (Å²) in [6.45, 7) is 8.61. The molecule has 0 amide bonds. The number of aryl methyl sites for hydroxylation is 1. The van der Waals surface area contributed by atoms with Crippen LogP contribution in [0, 0.1) is 12.7 Å². The molecule has 0 aliphatic carbocycles. The van der Waals surface area contributed by atoms with Crippen LogP contribution in [0.4, 0.5) is 4.39 Å². The van der Waals surface area contributed by atoms with Crippen molar-refractivity contribution in [1.29, 1.82) is 0 Å². The van der Waals surface area contributed by atoms with E-state index >= 15 is 0 Å². The Hall–Kier alpha value is -1.88. The lowest BCUT2D eigenvalue weighted by Crippen LogP contribution is -2.35. The Morgan fingerprint density at radius 2 is 2.10 bits per heavy atom. The highest BCUT2D eigenvalue weighted by atomic mass is 19.1.